The fraction of sp³-hybridized carbons (Fsp3) is 0.500. The number of nitrogens with one attached hydrogen (secondary N) is 2. The molecule has 1 aromatic rings. The molecule has 0 saturated carbocycles. The molecular weight excluding hydrogens is 206 g/mol. The smallest absolute Gasteiger partial charge is 0.255 e. The van der Waals surface area contributed by atoms with Crippen LogP contribution in [0.15, 0.2) is 0 Å². The molecule has 76 valence electrons. The molecule has 0 aliphatic heterocycles. The van der Waals surface area contributed by atoms with E-state index >= 15 is 0 Å². The number of hydrogen-bond donors (Lipinski definition) is 2. The lowest BCUT2D eigenvalue weighted by Gasteiger charge is -2.04. The molecule has 14 heavy (non-hydrogen) atoms. The Morgan fingerprint density at radius 3 is 2.71 bits per heavy atom. The number of aromatic amines is 1. The molecule has 0 saturated heterocycles. The number of rotatable bonds is 3. The average molecular weight is 215 g/mol. The second kappa shape index (κ2) is 3.63. The van der Waals surface area contributed by atoms with Crippen molar-refractivity contribution in [2.75, 3.05) is 4.72 Å². The van der Waals surface area contributed by atoms with Gasteiger partial charge in [-0.05, 0) is 13.8 Å². The Morgan fingerprint density at radius 1 is 1.64 bits per heavy atom. The minimum Gasteiger partial charge on any atom is -0.261 e. The van der Waals surface area contributed by atoms with Gasteiger partial charge in [-0.2, -0.15) is 10.2 Å². The lowest BCUT2D eigenvalue weighted by molar-refractivity contribution is 0.597. The van der Waals surface area contributed by atoms with E-state index in [4.69, 9.17) is 5.26 Å². The van der Waals surface area contributed by atoms with Crippen LogP contribution in [0.2, 0.25) is 0 Å². The van der Waals surface area contributed by atoms with E-state index in [1.54, 1.807) is 13.0 Å². The van der Waals surface area contributed by atoms with E-state index in [1.807, 2.05) is 0 Å². The Hall–Kier alpha value is -1.62. The maximum Gasteiger partial charge on any atom is 0.255 e. The first-order chi connectivity index (χ1) is 6.45. The summed E-state index contributed by atoms with van der Waals surface area (Å²) in [6.07, 6.45) is 0. The summed E-state index contributed by atoms with van der Waals surface area (Å²) in [5.41, 5.74) is 0. The molecule has 0 aliphatic rings. The summed E-state index contributed by atoms with van der Waals surface area (Å²) in [7, 11) is -3.71. The quantitative estimate of drug-likeness (QED) is 0.723. The first-order valence-electron chi connectivity index (χ1n) is 3.76. The van der Waals surface area contributed by atoms with Crippen molar-refractivity contribution in [3.05, 3.63) is 5.82 Å². The Labute approximate surface area is 81.2 Å². The SMILES string of the molecule is Cc1nc(NS(=O)(=O)C(C)C#N)n[nH]1. The first-order valence-corrected chi connectivity index (χ1v) is 5.30. The van der Waals surface area contributed by atoms with Gasteiger partial charge in [0.2, 0.25) is 0 Å². The Morgan fingerprint density at radius 2 is 2.29 bits per heavy atom. The van der Waals surface area contributed by atoms with Crippen LogP contribution in [-0.2, 0) is 10.0 Å². The minimum absolute atomic E-state index is 0.0513. The molecule has 0 aliphatic carbocycles. The number of aryl methyl sites for hydroxylation is 1. The molecule has 0 amide bonds. The van der Waals surface area contributed by atoms with Crippen molar-refractivity contribution >= 4 is 16.0 Å². The van der Waals surface area contributed by atoms with Gasteiger partial charge in [-0.25, -0.2) is 13.1 Å². The zero-order valence-corrected chi connectivity index (χ0v) is 8.46. The molecule has 1 heterocycles. The topological polar surface area (TPSA) is 112 Å². The van der Waals surface area contributed by atoms with Gasteiger partial charge in [0.15, 0.2) is 5.25 Å². The van der Waals surface area contributed by atoms with E-state index in [0.29, 0.717) is 5.82 Å². The summed E-state index contributed by atoms with van der Waals surface area (Å²) in [5.74, 6) is 0.442. The molecule has 1 unspecified atom stereocenters. The predicted octanol–water partition coefficient (Wildman–Crippen LogP) is -0.233. The largest absolute Gasteiger partial charge is 0.261 e. The fourth-order valence-electron chi connectivity index (χ4n) is 0.673. The number of aromatic nitrogens is 3. The van der Waals surface area contributed by atoms with Gasteiger partial charge in [-0.3, -0.25) is 5.10 Å². The first kappa shape index (κ1) is 10.5. The van der Waals surface area contributed by atoms with Crippen molar-refractivity contribution in [1.82, 2.24) is 15.2 Å². The molecule has 8 heteroatoms. The summed E-state index contributed by atoms with van der Waals surface area (Å²) in [4.78, 5) is 3.75. The van der Waals surface area contributed by atoms with Crippen molar-refractivity contribution in [3.8, 4) is 6.07 Å². The number of nitriles is 1. The molecule has 0 aromatic carbocycles. The molecule has 0 fully saturated rings. The van der Waals surface area contributed by atoms with Gasteiger partial charge >= 0.3 is 0 Å². The highest BCUT2D eigenvalue weighted by Gasteiger charge is 2.21. The third-order valence-electron chi connectivity index (χ3n) is 1.48. The highest BCUT2D eigenvalue weighted by Crippen LogP contribution is 2.05. The van der Waals surface area contributed by atoms with Crippen molar-refractivity contribution in [3.63, 3.8) is 0 Å². The number of anilines is 1. The van der Waals surface area contributed by atoms with Gasteiger partial charge in [-0.1, -0.05) is 0 Å². The average Bonchev–Trinajstić information content (AvgIpc) is 2.48. The maximum absolute atomic E-state index is 11.3. The van der Waals surface area contributed by atoms with Crippen LogP contribution in [0, 0.1) is 18.3 Å². The fourth-order valence-corrected chi connectivity index (χ4v) is 1.33. The molecule has 1 rings (SSSR count). The number of hydrogen-bond acceptors (Lipinski definition) is 5. The summed E-state index contributed by atoms with van der Waals surface area (Å²) in [6, 6.07) is 1.62. The Bertz CT molecular complexity index is 457. The van der Waals surface area contributed by atoms with Crippen molar-refractivity contribution < 1.29 is 8.42 Å². The zero-order chi connectivity index (χ0) is 10.8. The lowest BCUT2D eigenvalue weighted by Crippen LogP contribution is -2.24. The summed E-state index contributed by atoms with van der Waals surface area (Å²) >= 11 is 0. The Kier molecular flexibility index (Phi) is 2.71. The second-order valence-corrected chi connectivity index (χ2v) is 4.66. The standard InChI is InChI=1S/C6H9N5O2S/c1-4(3-7)14(12,13)11-6-8-5(2)9-10-6/h4H,1-2H3,(H2,8,9,10,11). The van der Waals surface area contributed by atoms with E-state index in [1.165, 1.54) is 6.92 Å². The summed E-state index contributed by atoms with van der Waals surface area (Å²) < 4.78 is 24.7. The minimum atomic E-state index is -3.71. The van der Waals surface area contributed by atoms with Crippen LogP contribution in [-0.4, -0.2) is 28.8 Å². The van der Waals surface area contributed by atoms with Gasteiger partial charge < -0.3 is 0 Å². The normalized spacial score (nSPS) is 13.2. The summed E-state index contributed by atoms with van der Waals surface area (Å²) in [5, 5.41) is 13.4. The van der Waals surface area contributed by atoms with E-state index in [9.17, 15) is 8.42 Å². The third kappa shape index (κ3) is 2.20. The van der Waals surface area contributed by atoms with Gasteiger partial charge in [0.1, 0.15) is 5.82 Å². The van der Waals surface area contributed by atoms with E-state index in [0.717, 1.165) is 0 Å². The van der Waals surface area contributed by atoms with Crippen LogP contribution in [0.1, 0.15) is 12.7 Å². The van der Waals surface area contributed by atoms with Gasteiger partial charge in [-0.15, -0.1) is 5.10 Å². The van der Waals surface area contributed by atoms with E-state index < -0.39 is 15.3 Å². The third-order valence-corrected chi connectivity index (χ3v) is 2.98. The molecular formula is C6H9N5O2S. The molecule has 2 N–H and O–H groups in total. The van der Waals surface area contributed by atoms with Crippen LogP contribution in [0.3, 0.4) is 0 Å². The van der Waals surface area contributed by atoms with Gasteiger partial charge in [0.25, 0.3) is 16.0 Å². The van der Waals surface area contributed by atoms with Crippen molar-refractivity contribution in [2.45, 2.75) is 19.1 Å². The van der Waals surface area contributed by atoms with E-state index in [-0.39, 0.29) is 5.95 Å². The monoisotopic (exact) mass is 215 g/mol. The lowest BCUT2D eigenvalue weighted by atomic mass is 10.5. The van der Waals surface area contributed by atoms with Crippen LogP contribution in [0.5, 0.6) is 0 Å². The Balaban J connectivity index is 2.85. The summed E-state index contributed by atoms with van der Waals surface area (Å²) in [6.45, 7) is 2.92. The molecule has 0 radical (unpaired) electrons. The molecule has 7 nitrogen and oxygen atoms in total. The second-order valence-electron chi connectivity index (χ2n) is 2.66. The van der Waals surface area contributed by atoms with Crippen molar-refractivity contribution in [1.29, 1.82) is 5.26 Å². The van der Waals surface area contributed by atoms with Crippen LogP contribution < -0.4 is 4.72 Å². The predicted molar refractivity (Wildman–Crippen MR) is 48.7 cm³/mol. The number of H-pyrrole nitrogens is 1. The van der Waals surface area contributed by atoms with Crippen molar-refractivity contribution in [2.24, 2.45) is 0 Å². The van der Waals surface area contributed by atoms with Crippen LogP contribution >= 0.6 is 0 Å². The molecule has 1 atom stereocenters. The number of nitrogens with zero attached hydrogens (tertiary/aromatic N) is 3. The van der Waals surface area contributed by atoms with Crippen LogP contribution in [0.4, 0.5) is 5.95 Å². The van der Waals surface area contributed by atoms with Gasteiger partial charge in [0, 0.05) is 0 Å². The van der Waals surface area contributed by atoms with E-state index in [2.05, 4.69) is 19.9 Å². The highest BCUT2D eigenvalue weighted by molar-refractivity contribution is 7.93. The maximum atomic E-state index is 11.3. The zero-order valence-electron chi connectivity index (χ0n) is 7.64. The molecule has 0 spiro atoms. The van der Waals surface area contributed by atoms with Gasteiger partial charge in [0.05, 0.1) is 6.07 Å². The van der Waals surface area contributed by atoms with Crippen LogP contribution in [0.25, 0.3) is 0 Å². The molecule has 1 aromatic heterocycles. The highest BCUT2D eigenvalue weighted by atomic mass is 32.2. The molecule has 0 bridgehead atoms. The number of sulfonamides is 1.